The summed E-state index contributed by atoms with van der Waals surface area (Å²) in [4.78, 5) is 15.6. The van der Waals surface area contributed by atoms with E-state index in [1.807, 2.05) is 18.2 Å². The van der Waals surface area contributed by atoms with E-state index in [0.717, 1.165) is 36.9 Å². The normalized spacial score (nSPS) is 17.6. The van der Waals surface area contributed by atoms with Crippen molar-refractivity contribution in [2.45, 2.75) is 26.3 Å². The zero-order chi connectivity index (χ0) is 14.0. The Morgan fingerprint density at radius 3 is 2.26 bits per heavy atom. The van der Waals surface area contributed by atoms with E-state index >= 15 is 0 Å². The lowest BCUT2D eigenvalue weighted by molar-refractivity contribution is 0.112. The average molecular weight is 325 g/mol. The second kappa shape index (κ2) is 5.63. The summed E-state index contributed by atoms with van der Waals surface area (Å²) in [5, 5.41) is 0. The van der Waals surface area contributed by atoms with Crippen molar-refractivity contribution in [2.24, 2.45) is 0 Å². The fraction of sp³-hybridized carbons (Fsp3) is 0.533. The van der Waals surface area contributed by atoms with Gasteiger partial charge in [0.15, 0.2) is 0 Å². The zero-order valence-electron chi connectivity index (χ0n) is 11.8. The van der Waals surface area contributed by atoms with Crippen LogP contribution in [0.4, 0.5) is 5.69 Å². The molecule has 0 bridgehead atoms. The van der Waals surface area contributed by atoms with Crippen molar-refractivity contribution in [1.82, 2.24) is 4.90 Å². The lowest BCUT2D eigenvalue weighted by Gasteiger charge is -2.43. The first-order chi connectivity index (χ1) is 8.91. The van der Waals surface area contributed by atoms with Crippen molar-refractivity contribution in [3.05, 3.63) is 28.2 Å². The molecule has 0 aromatic heterocycles. The molecule has 104 valence electrons. The van der Waals surface area contributed by atoms with Gasteiger partial charge < -0.3 is 4.90 Å². The van der Waals surface area contributed by atoms with Gasteiger partial charge in [0.1, 0.15) is 6.29 Å². The number of carbonyl (C=O) groups is 1. The quantitative estimate of drug-likeness (QED) is 0.780. The van der Waals surface area contributed by atoms with Gasteiger partial charge in [-0.05, 0) is 54.9 Å². The SMILES string of the molecule is CC(C)(C)N1CCN(c2ccc(C=O)cc2Br)CC1. The van der Waals surface area contributed by atoms with E-state index < -0.39 is 0 Å². The van der Waals surface area contributed by atoms with E-state index in [4.69, 9.17) is 0 Å². The van der Waals surface area contributed by atoms with E-state index in [-0.39, 0.29) is 5.54 Å². The lowest BCUT2D eigenvalue weighted by atomic mass is 10.0. The predicted molar refractivity (Wildman–Crippen MR) is 83.1 cm³/mol. The fourth-order valence-corrected chi connectivity index (χ4v) is 3.12. The van der Waals surface area contributed by atoms with E-state index in [1.54, 1.807) is 0 Å². The van der Waals surface area contributed by atoms with Crippen LogP contribution < -0.4 is 4.90 Å². The highest BCUT2D eigenvalue weighted by atomic mass is 79.9. The molecule has 1 aromatic rings. The third-order valence-corrected chi connectivity index (χ3v) is 4.31. The van der Waals surface area contributed by atoms with Crippen LogP contribution in [0.25, 0.3) is 0 Å². The Balaban J connectivity index is 2.08. The molecule has 1 aliphatic heterocycles. The topological polar surface area (TPSA) is 23.6 Å². The monoisotopic (exact) mass is 324 g/mol. The highest BCUT2D eigenvalue weighted by molar-refractivity contribution is 9.10. The number of hydrogen-bond acceptors (Lipinski definition) is 3. The molecule has 0 saturated carbocycles. The summed E-state index contributed by atoms with van der Waals surface area (Å²) in [5.41, 5.74) is 2.13. The Bertz CT molecular complexity index is 460. The van der Waals surface area contributed by atoms with Crippen molar-refractivity contribution < 1.29 is 4.79 Å². The molecule has 0 spiro atoms. The molecular formula is C15H21BrN2O. The fourth-order valence-electron chi connectivity index (χ4n) is 2.47. The number of benzene rings is 1. The van der Waals surface area contributed by atoms with Gasteiger partial charge in [-0.25, -0.2) is 0 Å². The van der Waals surface area contributed by atoms with Crippen LogP contribution in [-0.4, -0.2) is 42.9 Å². The van der Waals surface area contributed by atoms with Crippen LogP contribution in [0, 0.1) is 0 Å². The molecule has 1 heterocycles. The minimum absolute atomic E-state index is 0.241. The van der Waals surface area contributed by atoms with Gasteiger partial charge in [0.05, 0.1) is 5.69 Å². The third kappa shape index (κ3) is 3.37. The van der Waals surface area contributed by atoms with Crippen LogP contribution in [0.2, 0.25) is 0 Å². The molecule has 0 atom stereocenters. The summed E-state index contributed by atoms with van der Waals surface area (Å²) in [5.74, 6) is 0. The predicted octanol–water partition coefficient (Wildman–Crippen LogP) is 3.18. The van der Waals surface area contributed by atoms with Gasteiger partial charge in [0, 0.05) is 41.8 Å². The van der Waals surface area contributed by atoms with Gasteiger partial charge in [-0.1, -0.05) is 0 Å². The minimum Gasteiger partial charge on any atom is -0.368 e. The van der Waals surface area contributed by atoms with Crippen LogP contribution in [0.1, 0.15) is 31.1 Å². The zero-order valence-corrected chi connectivity index (χ0v) is 13.4. The van der Waals surface area contributed by atoms with Crippen molar-refractivity contribution in [1.29, 1.82) is 0 Å². The maximum Gasteiger partial charge on any atom is 0.150 e. The molecule has 19 heavy (non-hydrogen) atoms. The van der Waals surface area contributed by atoms with Crippen LogP contribution in [0.3, 0.4) is 0 Å². The first-order valence-electron chi connectivity index (χ1n) is 6.66. The molecule has 0 aliphatic carbocycles. The third-order valence-electron chi connectivity index (χ3n) is 3.68. The summed E-state index contributed by atoms with van der Waals surface area (Å²) in [7, 11) is 0. The summed E-state index contributed by atoms with van der Waals surface area (Å²) >= 11 is 3.56. The summed E-state index contributed by atoms with van der Waals surface area (Å²) in [6.07, 6.45) is 0.881. The van der Waals surface area contributed by atoms with Gasteiger partial charge in [-0.3, -0.25) is 9.69 Å². The van der Waals surface area contributed by atoms with Crippen LogP contribution >= 0.6 is 15.9 Å². The van der Waals surface area contributed by atoms with Gasteiger partial charge in [-0.15, -0.1) is 0 Å². The smallest absolute Gasteiger partial charge is 0.150 e. The second-order valence-corrected chi connectivity index (χ2v) is 6.83. The second-order valence-electron chi connectivity index (χ2n) is 5.97. The van der Waals surface area contributed by atoms with Gasteiger partial charge >= 0.3 is 0 Å². The number of nitrogens with zero attached hydrogens (tertiary/aromatic N) is 2. The number of halogens is 1. The maximum absolute atomic E-state index is 10.8. The number of aldehydes is 1. The van der Waals surface area contributed by atoms with E-state index in [2.05, 4.69) is 46.5 Å². The number of hydrogen-bond donors (Lipinski definition) is 0. The highest BCUT2D eigenvalue weighted by Crippen LogP contribution is 2.28. The summed E-state index contributed by atoms with van der Waals surface area (Å²) < 4.78 is 1.00. The summed E-state index contributed by atoms with van der Waals surface area (Å²) in [6, 6.07) is 5.79. The average Bonchev–Trinajstić information content (AvgIpc) is 2.37. The first-order valence-corrected chi connectivity index (χ1v) is 7.46. The van der Waals surface area contributed by atoms with E-state index in [9.17, 15) is 4.79 Å². The molecule has 3 nitrogen and oxygen atoms in total. The Kier molecular flexibility index (Phi) is 4.31. The first kappa shape index (κ1) is 14.5. The molecular weight excluding hydrogens is 304 g/mol. The van der Waals surface area contributed by atoms with E-state index in [0.29, 0.717) is 5.56 Å². The Labute approximate surface area is 123 Å². The number of piperazine rings is 1. The maximum atomic E-state index is 10.8. The van der Waals surface area contributed by atoms with Crippen molar-refractivity contribution in [3.63, 3.8) is 0 Å². The van der Waals surface area contributed by atoms with Crippen LogP contribution in [-0.2, 0) is 0 Å². The molecule has 0 N–H and O–H groups in total. The Morgan fingerprint density at radius 1 is 1.16 bits per heavy atom. The molecule has 0 unspecified atom stereocenters. The van der Waals surface area contributed by atoms with Crippen molar-refractivity contribution >= 4 is 27.9 Å². The largest absolute Gasteiger partial charge is 0.368 e. The van der Waals surface area contributed by atoms with Crippen LogP contribution in [0.15, 0.2) is 22.7 Å². The lowest BCUT2D eigenvalue weighted by Crippen LogP contribution is -2.53. The molecule has 0 radical (unpaired) electrons. The number of anilines is 1. The Morgan fingerprint density at radius 2 is 1.79 bits per heavy atom. The molecule has 2 rings (SSSR count). The van der Waals surface area contributed by atoms with E-state index in [1.165, 1.54) is 5.69 Å². The molecule has 1 aliphatic rings. The molecule has 4 heteroatoms. The standard InChI is InChI=1S/C15H21BrN2O/c1-15(2,3)18-8-6-17(7-9-18)14-5-4-12(11-19)10-13(14)16/h4-5,10-11H,6-9H2,1-3H3. The van der Waals surface area contributed by atoms with Crippen molar-refractivity contribution in [2.75, 3.05) is 31.1 Å². The van der Waals surface area contributed by atoms with Gasteiger partial charge in [-0.2, -0.15) is 0 Å². The summed E-state index contributed by atoms with van der Waals surface area (Å²) in [6.45, 7) is 11.0. The molecule has 1 saturated heterocycles. The van der Waals surface area contributed by atoms with Crippen molar-refractivity contribution in [3.8, 4) is 0 Å². The van der Waals surface area contributed by atoms with Gasteiger partial charge in [0.25, 0.3) is 0 Å². The number of rotatable bonds is 2. The molecule has 1 fully saturated rings. The number of carbonyl (C=O) groups excluding carboxylic acids is 1. The Hall–Kier alpha value is -0.870. The van der Waals surface area contributed by atoms with Gasteiger partial charge in [0.2, 0.25) is 0 Å². The molecule has 0 amide bonds. The highest BCUT2D eigenvalue weighted by Gasteiger charge is 2.26. The minimum atomic E-state index is 0.241. The van der Waals surface area contributed by atoms with Crippen LogP contribution in [0.5, 0.6) is 0 Å². The molecule has 1 aromatic carbocycles.